The van der Waals surface area contributed by atoms with E-state index in [2.05, 4.69) is 18.2 Å². The van der Waals surface area contributed by atoms with Crippen LogP contribution in [0.4, 0.5) is 0 Å². The van der Waals surface area contributed by atoms with Gasteiger partial charge < -0.3 is 0 Å². The standard InChI is InChI=1S/C25H24Cl2O/c26-21-5-1-19(2-6-21)23(28)9-10-24-12-17-11-18(13-24)15-25(14-17,16-24)20-3-7-22(27)8-4-20/h1-10,17-18H,11-16H2/b10-9+. The number of hydrogen-bond donors (Lipinski definition) is 0. The first-order chi connectivity index (χ1) is 13.5. The Balaban J connectivity index is 1.44. The van der Waals surface area contributed by atoms with Crippen molar-refractivity contribution in [3.63, 3.8) is 0 Å². The Kier molecular flexibility index (Phi) is 4.45. The van der Waals surface area contributed by atoms with E-state index in [4.69, 9.17) is 23.2 Å². The molecule has 144 valence electrons. The van der Waals surface area contributed by atoms with Crippen molar-refractivity contribution in [2.75, 3.05) is 0 Å². The van der Waals surface area contributed by atoms with E-state index in [9.17, 15) is 4.79 Å². The van der Waals surface area contributed by atoms with Crippen LogP contribution in [-0.4, -0.2) is 5.78 Å². The van der Waals surface area contributed by atoms with E-state index in [1.807, 2.05) is 30.3 Å². The quantitative estimate of drug-likeness (QED) is 0.382. The topological polar surface area (TPSA) is 17.1 Å². The van der Waals surface area contributed by atoms with Crippen molar-refractivity contribution in [2.24, 2.45) is 17.3 Å². The SMILES string of the molecule is O=C(/C=C/C12CC3CC(C1)CC(c1ccc(Cl)cc1)(C3)C2)c1ccc(Cl)cc1. The number of ketones is 1. The van der Waals surface area contributed by atoms with Crippen molar-refractivity contribution >= 4 is 29.0 Å². The van der Waals surface area contributed by atoms with Gasteiger partial charge in [0.15, 0.2) is 5.78 Å². The molecule has 1 nitrogen and oxygen atoms in total. The molecule has 4 aliphatic carbocycles. The summed E-state index contributed by atoms with van der Waals surface area (Å²) >= 11 is 12.1. The molecule has 0 aromatic heterocycles. The van der Waals surface area contributed by atoms with E-state index in [1.165, 1.54) is 37.7 Å². The maximum absolute atomic E-state index is 12.7. The molecule has 0 radical (unpaired) electrons. The molecule has 0 saturated heterocycles. The van der Waals surface area contributed by atoms with Gasteiger partial charge in [-0.05, 0) is 109 Å². The summed E-state index contributed by atoms with van der Waals surface area (Å²) in [5.41, 5.74) is 2.55. The Morgan fingerprint density at radius 3 is 2.04 bits per heavy atom. The molecule has 0 N–H and O–H groups in total. The summed E-state index contributed by atoms with van der Waals surface area (Å²) in [5, 5.41) is 1.46. The molecule has 0 amide bonds. The second-order valence-electron chi connectivity index (χ2n) is 9.32. The normalized spacial score (nSPS) is 33.5. The summed E-state index contributed by atoms with van der Waals surface area (Å²) < 4.78 is 0. The number of benzene rings is 2. The summed E-state index contributed by atoms with van der Waals surface area (Å²) in [4.78, 5) is 12.7. The Hall–Kier alpha value is -1.57. The highest BCUT2D eigenvalue weighted by Gasteiger charge is 2.57. The number of carbonyl (C=O) groups is 1. The predicted molar refractivity (Wildman–Crippen MR) is 115 cm³/mol. The number of carbonyl (C=O) groups excluding carboxylic acids is 1. The third-order valence-corrected chi connectivity index (χ3v) is 7.78. The molecular weight excluding hydrogens is 387 g/mol. The van der Waals surface area contributed by atoms with Crippen molar-refractivity contribution in [2.45, 2.75) is 43.9 Å². The van der Waals surface area contributed by atoms with Gasteiger partial charge in [0.05, 0.1) is 0 Å². The average molecular weight is 411 g/mol. The zero-order valence-corrected chi connectivity index (χ0v) is 17.3. The van der Waals surface area contributed by atoms with Gasteiger partial charge in [-0.25, -0.2) is 0 Å². The molecule has 3 heteroatoms. The van der Waals surface area contributed by atoms with Gasteiger partial charge in [-0.15, -0.1) is 0 Å². The highest BCUT2D eigenvalue weighted by Crippen LogP contribution is 2.66. The van der Waals surface area contributed by atoms with Crippen LogP contribution >= 0.6 is 23.2 Å². The second-order valence-corrected chi connectivity index (χ2v) is 10.2. The molecule has 4 saturated carbocycles. The van der Waals surface area contributed by atoms with Gasteiger partial charge in [0.1, 0.15) is 0 Å². The second kappa shape index (κ2) is 6.75. The van der Waals surface area contributed by atoms with Gasteiger partial charge in [0.2, 0.25) is 0 Å². The molecule has 4 aliphatic rings. The molecule has 2 unspecified atom stereocenters. The van der Waals surface area contributed by atoms with Crippen LogP contribution in [0.25, 0.3) is 0 Å². The van der Waals surface area contributed by atoms with Crippen LogP contribution in [0.2, 0.25) is 10.0 Å². The van der Waals surface area contributed by atoms with Crippen molar-refractivity contribution in [3.8, 4) is 0 Å². The van der Waals surface area contributed by atoms with E-state index >= 15 is 0 Å². The largest absolute Gasteiger partial charge is 0.289 e. The zero-order chi connectivity index (χ0) is 19.4. The molecule has 6 rings (SSSR count). The van der Waals surface area contributed by atoms with E-state index in [-0.39, 0.29) is 16.6 Å². The van der Waals surface area contributed by atoms with Crippen molar-refractivity contribution in [1.82, 2.24) is 0 Å². The van der Waals surface area contributed by atoms with Gasteiger partial charge in [-0.3, -0.25) is 4.79 Å². The Morgan fingerprint density at radius 1 is 0.857 bits per heavy atom. The van der Waals surface area contributed by atoms with E-state index in [0.717, 1.165) is 23.3 Å². The van der Waals surface area contributed by atoms with Gasteiger partial charge >= 0.3 is 0 Å². The number of rotatable bonds is 4. The minimum atomic E-state index is 0.0768. The maximum Gasteiger partial charge on any atom is 0.185 e. The van der Waals surface area contributed by atoms with Gasteiger partial charge in [-0.2, -0.15) is 0 Å². The molecule has 4 bridgehead atoms. The molecule has 2 aromatic carbocycles. The van der Waals surface area contributed by atoms with Crippen molar-refractivity contribution in [3.05, 3.63) is 81.9 Å². The van der Waals surface area contributed by atoms with E-state index in [0.29, 0.717) is 10.6 Å². The first-order valence-corrected chi connectivity index (χ1v) is 11.0. The van der Waals surface area contributed by atoms with E-state index in [1.54, 1.807) is 12.1 Å². The van der Waals surface area contributed by atoms with Crippen LogP contribution in [0.3, 0.4) is 0 Å². The molecular formula is C25H24Cl2O. The number of halogens is 2. The molecule has 0 spiro atoms. The first-order valence-electron chi connectivity index (χ1n) is 10.2. The monoisotopic (exact) mass is 410 g/mol. The summed E-state index contributed by atoms with van der Waals surface area (Å²) in [6.45, 7) is 0. The Labute approximate surface area is 176 Å². The van der Waals surface area contributed by atoms with Gasteiger partial charge in [-0.1, -0.05) is 41.4 Å². The maximum atomic E-state index is 12.7. The molecule has 2 aromatic rings. The minimum Gasteiger partial charge on any atom is -0.289 e. The Bertz CT molecular complexity index is 912. The van der Waals surface area contributed by atoms with Crippen LogP contribution in [0.15, 0.2) is 60.7 Å². The summed E-state index contributed by atoms with van der Waals surface area (Å²) in [5.74, 6) is 1.62. The highest BCUT2D eigenvalue weighted by atomic mass is 35.5. The lowest BCUT2D eigenvalue weighted by molar-refractivity contribution is -0.0455. The molecule has 4 fully saturated rings. The average Bonchev–Trinajstić information content (AvgIpc) is 2.66. The lowest BCUT2D eigenvalue weighted by Crippen LogP contribution is -2.53. The molecule has 28 heavy (non-hydrogen) atoms. The smallest absolute Gasteiger partial charge is 0.185 e. The molecule has 2 atom stereocenters. The third kappa shape index (κ3) is 3.23. The van der Waals surface area contributed by atoms with Crippen LogP contribution in [0, 0.1) is 17.3 Å². The van der Waals surface area contributed by atoms with Gasteiger partial charge in [0, 0.05) is 15.6 Å². The van der Waals surface area contributed by atoms with Crippen LogP contribution in [0.1, 0.15) is 54.4 Å². The van der Waals surface area contributed by atoms with Crippen molar-refractivity contribution < 1.29 is 4.79 Å². The Morgan fingerprint density at radius 2 is 1.43 bits per heavy atom. The van der Waals surface area contributed by atoms with E-state index < -0.39 is 0 Å². The van der Waals surface area contributed by atoms with Crippen LogP contribution in [0.5, 0.6) is 0 Å². The predicted octanol–water partition coefficient (Wildman–Crippen LogP) is 7.27. The summed E-state index contributed by atoms with van der Waals surface area (Å²) in [6.07, 6.45) is 11.6. The zero-order valence-electron chi connectivity index (χ0n) is 15.8. The van der Waals surface area contributed by atoms with Crippen LogP contribution in [-0.2, 0) is 5.41 Å². The summed E-state index contributed by atoms with van der Waals surface area (Å²) in [7, 11) is 0. The van der Waals surface area contributed by atoms with Crippen molar-refractivity contribution in [1.29, 1.82) is 0 Å². The fourth-order valence-corrected chi connectivity index (χ4v) is 6.88. The first kappa shape index (κ1) is 18.5. The molecule has 0 aliphatic heterocycles. The summed E-state index contributed by atoms with van der Waals surface area (Å²) in [6, 6.07) is 15.7. The fourth-order valence-electron chi connectivity index (χ4n) is 6.63. The molecule has 0 heterocycles. The fraction of sp³-hybridized carbons (Fsp3) is 0.400. The minimum absolute atomic E-state index is 0.0768. The number of allylic oxidation sites excluding steroid dienone is 2. The highest BCUT2D eigenvalue weighted by molar-refractivity contribution is 6.30. The van der Waals surface area contributed by atoms with Crippen LogP contribution < -0.4 is 0 Å². The van der Waals surface area contributed by atoms with Gasteiger partial charge in [0.25, 0.3) is 0 Å². The third-order valence-electron chi connectivity index (χ3n) is 7.28. The lowest BCUT2D eigenvalue weighted by Gasteiger charge is -2.62. The number of hydrogen-bond acceptors (Lipinski definition) is 1. The lowest BCUT2D eigenvalue weighted by atomic mass is 9.43.